The first-order valence-corrected chi connectivity index (χ1v) is 11.2. The molecule has 0 saturated carbocycles. The minimum atomic E-state index is -0.422. The van der Waals surface area contributed by atoms with Gasteiger partial charge >= 0.3 is 0 Å². The van der Waals surface area contributed by atoms with Gasteiger partial charge in [-0.2, -0.15) is 0 Å². The van der Waals surface area contributed by atoms with Gasteiger partial charge in [-0.25, -0.2) is 0 Å². The van der Waals surface area contributed by atoms with Crippen LogP contribution >= 0.6 is 0 Å². The number of hydrogen-bond donors (Lipinski definition) is 0. The molecule has 0 atom stereocenters. The molecule has 0 N–H and O–H groups in total. The Morgan fingerprint density at radius 1 is 0.935 bits per heavy atom. The molecule has 0 bridgehead atoms. The number of carbonyl (C=O) groups is 1. The van der Waals surface area contributed by atoms with Gasteiger partial charge in [0, 0.05) is 27.3 Å². The predicted octanol–water partition coefficient (Wildman–Crippen LogP) is 3.58. The third kappa shape index (κ3) is 8.57. The molecule has 6 heteroatoms. The number of carbonyl (C=O) groups excluding carboxylic acids is 1. The molecule has 0 aliphatic heterocycles. The van der Waals surface area contributed by atoms with E-state index in [0.717, 1.165) is 26.1 Å². The van der Waals surface area contributed by atoms with Gasteiger partial charge in [-0.3, -0.25) is 4.79 Å². The molecular weight excluding hydrogens is 392 g/mol. The van der Waals surface area contributed by atoms with Crippen LogP contribution in [0.5, 0.6) is 0 Å². The van der Waals surface area contributed by atoms with Crippen molar-refractivity contribution in [3.8, 4) is 0 Å². The zero-order valence-corrected chi connectivity index (χ0v) is 19.5. The fourth-order valence-corrected chi connectivity index (χ4v) is 3.55. The van der Waals surface area contributed by atoms with Gasteiger partial charge < -0.3 is 24.0 Å². The molecule has 31 heavy (non-hydrogen) atoms. The van der Waals surface area contributed by atoms with E-state index in [4.69, 9.17) is 14.2 Å². The van der Waals surface area contributed by atoms with E-state index in [1.54, 1.807) is 14.2 Å². The van der Waals surface area contributed by atoms with E-state index in [-0.39, 0.29) is 5.91 Å². The Morgan fingerprint density at radius 2 is 1.65 bits per heavy atom. The van der Waals surface area contributed by atoms with Gasteiger partial charge in [-0.05, 0) is 35.8 Å². The lowest BCUT2D eigenvalue weighted by atomic mass is 10.1. The van der Waals surface area contributed by atoms with Gasteiger partial charge in [0.1, 0.15) is 0 Å². The molecular formula is C25H38N2O4. The fourth-order valence-electron chi connectivity index (χ4n) is 3.55. The maximum Gasteiger partial charge on any atom is 0.225 e. The van der Waals surface area contributed by atoms with Gasteiger partial charge in [-0.15, -0.1) is 0 Å². The Balaban J connectivity index is 1.78. The number of fused-ring (bicyclic) bond motifs is 1. The van der Waals surface area contributed by atoms with Crippen molar-refractivity contribution in [3.05, 3.63) is 48.0 Å². The van der Waals surface area contributed by atoms with Crippen LogP contribution in [0.15, 0.2) is 42.5 Å². The summed E-state index contributed by atoms with van der Waals surface area (Å²) in [5.74, 6) is 0.0666. The molecule has 172 valence electrons. The molecule has 1 amide bonds. The Hall–Kier alpha value is -1.99. The molecule has 0 heterocycles. The lowest BCUT2D eigenvalue weighted by molar-refractivity contribution is -0.146. The average Bonchev–Trinajstić information content (AvgIpc) is 2.81. The van der Waals surface area contributed by atoms with Crippen molar-refractivity contribution in [2.24, 2.45) is 0 Å². The zero-order chi connectivity index (χ0) is 22.5. The summed E-state index contributed by atoms with van der Waals surface area (Å²) < 4.78 is 16.4. The highest BCUT2D eigenvalue weighted by atomic mass is 16.7. The van der Waals surface area contributed by atoms with Crippen molar-refractivity contribution in [3.63, 3.8) is 0 Å². The molecule has 0 aromatic heterocycles. The van der Waals surface area contributed by atoms with E-state index in [1.807, 2.05) is 4.90 Å². The minimum absolute atomic E-state index is 0.0666. The van der Waals surface area contributed by atoms with Crippen LogP contribution in [0.25, 0.3) is 10.8 Å². The minimum Gasteiger partial charge on any atom is -0.381 e. The second-order valence-electron chi connectivity index (χ2n) is 7.56. The van der Waals surface area contributed by atoms with Gasteiger partial charge in [0.2, 0.25) is 5.91 Å². The van der Waals surface area contributed by atoms with Crippen LogP contribution in [0.2, 0.25) is 0 Å². The molecule has 2 aromatic rings. The lowest BCUT2D eigenvalue weighted by Gasteiger charge is -2.29. The molecule has 0 saturated heterocycles. The van der Waals surface area contributed by atoms with Crippen LogP contribution in [-0.4, -0.2) is 82.2 Å². The molecule has 0 aliphatic carbocycles. The van der Waals surface area contributed by atoms with E-state index in [9.17, 15) is 4.79 Å². The molecule has 2 rings (SSSR count). The third-order valence-electron chi connectivity index (χ3n) is 5.64. The van der Waals surface area contributed by atoms with E-state index < -0.39 is 6.29 Å². The summed E-state index contributed by atoms with van der Waals surface area (Å²) in [6.45, 7) is 9.12. The summed E-state index contributed by atoms with van der Waals surface area (Å²) in [7, 11) is 3.19. The number of methoxy groups -OCH3 is 2. The summed E-state index contributed by atoms with van der Waals surface area (Å²) >= 11 is 0. The van der Waals surface area contributed by atoms with E-state index in [2.05, 4.69) is 61.2 Å². The van der Waals surface area contributed by atoms with E-state index in [1.165, 1.54) is 16.3 Å². The Morgan fingerprint density at radius 3 is 2.32 bits per heavy atom. The normalized spacial score (nSPS) is 11.5. The average molecular weight is 431 g/mol. The second-order valence-corrected chi connectivity index (χ2v) is 7.56. The number of amides is 1. The Kier molecular flexibility index (Phi) is 11.5. The highest BCUT2D eigenvalue weighted by Crippen LogP contribution is 2.16. The van der Waals surface area contributed by atoms with Gasteiger partial charge in [0.15, 0.2) is 6.29 Å². The Labute approximate surface area is 187 Å². The van der Waals surface area contributed by atoms with E-state index >= 15 is 0 Å². The van der Waals surface area contributed by atoms with E-state index in [0.29, 0.717) is 32.7 Å². The highest BCUT2D eigenvalue weighted by molar-refractivity contribution is 5.83. The number of likely N-dealkylation sites (N-methyl/N-ethyl adjacent to an activating group) is 1. The van der Waals surface area contributed by atoms with Crippen molar-refractivity contribution in [2.75, 3.05) is 60.2 Å². The molecule has 2 aromatic carbocycles. The summed E-state index contributed by atoms with van der Waals surface area (Å²) in [6.07, 6.45) is 0.769. The highest BCUT2D eigenvalue weighted by Gasteiger charge is 2.19. The number of benzene rings is 2. The van der Waals surface area contributed by atoms with Crippen LogP contribution < -0.4 is 0 Å². The number of hydrogen-bond acceptors (Lipinski definition) is 5. The maximum atomic E-state index is 12.8. The topological polar surface area (TPSA) is 51.2 Å². The van der Waals surface area contributed by atoms with Crippen molar-refractivity contribution < 1.29 is 19.0 Å². The maximum absolute atomic E-state index is 12.8. The van der Waals surface area contributed by atoms with Gasteiger partial charge in [0.05, 0.1) is 26.2 Å². The summed E-state index contributed by atoms with van der Waals surface area (Å²) in [5, 5.41) is 2.48. The first-order chi connectivity index (χ1) is 15.1. The zero-order valence-electron chi connectivity index (χ0n) is 19.5. The van der Waals surface area contributed by atoms with Crippen LogP contribution in [0.1, 0.15) is 25.8 Å². The number of nitrogens with zero attached hydrogens (tertiary/aromatic N) is 2. The smallest absolute Gasteiger partial charge is 0.225 e. The van der Waals surface area contributed by atoms with Gasteiger partial charge in [-0.1, -0.05) is 56.3 Å². The predicted molar refractivity (Wildman–Crippen MR) is 125 cm³/mol. The SMILES string of the molecule is CCN(CC)CCN(CC(OC)OC)C(=O)CCOCCc1ccc2ccccc2c1. The van der Waals surface area contributed by atoms with Crippen molar-refractivity contribution in [1.82, 2.24) is 9.80 Å². The summed E-state index contributed by atoms with van der Waals surface area (Å²) in [5.41, 5.74) is 1.24. The number of rotatable bonds is 15. The first kappa shape index (κ1) is 25.3. The van der Waals surface area contributed by atoms with Crippen molar-refractivity contribution in [1.29, 1.82) is 0 Å². The number of ether oxygens (including phenoxy) is 3. The Bertz CT molecular complexity index is 775. The van der Waals surface area contributed by atoms with Crippen LogP contribution in [0.4, 0.5) is 0 Å². The molecule has 0 unspecified atom stereocenters. The fraction of sp³-hybridized carbons (Fsp3) is 0.560. The summed E-state index contributed by atoms with van der Waals surface area (Å²) in [4.78, 5) is 16.9. The third-order valence-corrected chi connectivity index (χ3v) is 5.64. The quantitative estimate of drug-likeness (QED) is 0.319. The second kappa shape index (κ2) is 14.1. The molecule has 0 fully saturated rings. The largest absolute Gasteiger partial charge is 0.381 e. The molecule has 6 nitrogen and oxygen atoms in total. The summed E-state index contributed by atoms with van der Waals surface area (Å²) in [6, 6.07) is 14.8. The lowest BCUT2D eigenvalue weighted by Crippen LogP contribution is -2.43. The molecule has 0 radical (unpaired) electrons. The monoisotopic (exact) mass is 430 g/mol. The van der Waals surface area contributed by atoms with Crippen LogP contribution in [-0.2, 0) is 25.4 Å². The van der Waals surface area contributed by atoms with Crippen LogP contribution in [0.3, 0.4) is 0 Å². The van der Waals surface area contributed by atoms with Gasteiger partial charge in [0.25, 0.3) is 0 Å². The molecule has 0 aliphatic rings. The first-order valence-electron chi connectivity index (χ1n) is 11.2. The van der Waals surface area contributed by atoms with Crippen molar-refractivity contribution in [2.45, 2.75) is 33.0 Å². The molecule has 0 spiro atoms. The standard InChI is InChI=1S/C25H38N2O4/c1-5-26(6-2)15-16-27(20-25(29-3)30-4)24(28)14-18-31-17-13-21-11-12-22-9-7-8-10-23(22)19-21/h7-12,19,25H,5-6,13-18,20H2,1-4H3. The van der Waals surface area contributed by atoms with Crippen molar-refractivity contribution >= 4 is 16.7 Å². The van der Waals surface area contributed by atoms with Crippen LogP contribution in [0, 0.1) is 0 Å².